The number of ether oxygens (including phenoxy) is 1. The predicted octanol–water partition coefficient (Wildman–Crippen LogP) is 2.46. The minimum atomic E-state index is -0.889. The molecule has 0 bridgehead atoms. The molecule has 0 aliphatic carbocycles. The number of methoxy groups -OCH3 is 1. The van der Waals surface area contributed by atoms with E-state index in [4.69, 9.17) is 9.84 Å². The molecule has 0 fully saturated rings. The van der Waals surface area contributed by atoms with Crippen molar-refractivity contribution in [1.29, 1.82) is 0 Å². The molecule has 2 rings (SSSR count). The number of aromatic nitrogens is 3. The average molecular weight is 307 g/mol. The number of aryl methyl sites for hydroxylation is 1. The number of rotatable bonds is 6. The van der Waals surface area contributed by atoms with Crippen LogP contribution in [0.5, 0.6) is 0 Å². The normalized spacial score (nSPS) is 12.3. The topological polar surface area (TPSA) is 77.2 Å². The van der Waals surface area contributed by atoms with Gasteiger partial charge in [0.15, 0.2) is 11.0 Å². The largest absolute Gasteiger partial charge is 0.481 e. The highest BCUT2D eigenvalue weighted by molar-refractivity contribution is 7.99. The first-order valence-corrected chi connectivity index (χ1v) is 7.41. The SMILES string of the molecule is COC(C)c1nnc(SCC(=O)O)n1-c1ccc(C)cc1. The zero-order valence-corrected chi connectivity index (χ0v) is 12.9. The van der Waals surface area contributed by atoms with E-state index in [-0.39, 0.29) is 11.9 Å². The van der Waals surface area contributed by atoms with Gasteiger partial charge in [-0.25, -0.2) is 0 Å². The van der Waals surface area contributed by atoms with Crippen LogP contribution in [0.2, 0.25) is 0 Å². The molecule has 0 saturated carbocycles. The van der Waals surface area contributed by atoms with Gasteiger partial charge in [-0.15, -0.1) is 10.2 Å². The summed E-state index contributed by atoms with van der Waals surface area (Å²) in [5.41, 5.74) is 2.03. The van der Waals surface area contributed by atoms with Crippen LogP contribution in [0, 0.1) is 6.92 Å². The lowest BCUT2D eigenvalue weighted by Gasteiger charge is -2.13. The van der Waals surface area contributed by atoms with Crippen LogP contribution < -0.4 is 0 Å². The van der Waals surface area contributed by atoms with Crippen molar-refractivity contribution >= 4 is 17.7 Å². The van der Waals surface area contributed by atoms with E-state index >= 15 is 0 Å². The van der Waals surface area contributed by atoms with E-state index in [1.54, 1.807) is 7.11 Å². The van der Waals surface area contributed by atoms with Crippen molar-refractivity contribution in [3.8, 4) is 5.69 Å². The lowest BCUT2D eigenvalue weighted by atomic mass is 10.2. The summed E-state index contributed by atoms with van der Waals surface area (Å²) in [6.07, 6.45) is -0.238. The van der Waals surface area contributed by atoms with Crippen molar-refractivity contribution in [2.75, 3.05) is 12.9 Å². The number of benzene rings is 1. The van der Waals surface area contributed by atoms with Gasteiger partial charge in [-0.05, 0) is 26.0 Å². The fraction of sp³-hybridized carbons (Fsp3) is 0.357. The number of carboxylic acid groups (broad SMARTS) is 1. The third kappa shape index (κ3) is 3.62. The lowest BCUT2D eigenvalue weighted by molar-refractivity contribution is -0.133. The van der Waals surface area contributed by atoms with Gasteiger partial charge in [0.05, 0.1) is 5.75 Å². The zero-order chi connectivity index (χ0) is 15.4. The number of hydrogen-bond donors (Lipinski definition) is 1. The fourth-order valence-corrected chi connectivity index (χ4v) is 2.49. The lowest BCUT2D eigenvalue weighted by Crippen LogP contribution is -2.08. The second kappa shape index (κ2) is 6.73. The van der Waals surface area contributed by atoms with Crippen molar-refractivity contribution in [2.45, 2.75) is 25.1 Å². The molecule has 112 valence electrons. The summed E-state index contributed by atoms with van der Waals surface area (Å²) in [4.78, 5) is 10.8. The first-order chi connectivity index (χ1) is 10.0. The Morgan fingerprint density at radius 1 is 1.38 bits per heavy atom. The third-order valence-corrected chi connectivity index (χ3v) is 3.91. The van der Waals surface area contributed by atoms with E-state index in [2.05, 4.69) is 10.2 Å². The van der Waals surface area contributed by atoms with Crippen LogP contribution in [0.3, 0.4) is 0 Å². The van der Waals surface area contributed by atoms with Crippen LogP contribution in [0.4, 0.5) is 0 Å². The zero-order valence-electron chi connectivity index (χ0n) is 12.1. The minimum Gasteiger partial charge on any atom is -0.481 e. The Morgan fingerprint density at radius 2 is 2.05 bits per heavy atom. The summed E-state index contributed by atoms with van der Waals surface area (Å²) in [6.45, 7) is 3.88. The van der Waals surface area contributed by atoms with Crippen LogP contribution in [0.25, 0.3) is 5.69 Å². The molecule has 0 saturated heterocycles. The number of carbonyl (C=O) groups is 1. The molecule has 6 nitrogen and oxygen atoms in total. The minimum absolute atomic E-state index is 0.0641. The number of thioether (sulfide) groups is 1. The van der Waals surface area contributed by atoms with Crippen LogP contribution in [0.15, 0.2) is 29.4 Å². The van der Waals surface area contributed by atoms with E-state index < -0.39 is 5.97 Å². The van der Waals surface area contributed by atoms with Gasteiger partial charge >= 0.3 is 5.97 Å². The molecular weight excluding hydrogens is 290 g/mol. The first-order valence-electron chi connectivity index (χ1n) is 6.42. The van der Waals surface area contributed by atoms with Crippen molar-refractivity contribution in [2.24, 2.45) is 0 Å². The van der Waals surface area contributed by atoms with Crippen LogP contribution in [0.1, 0.15) is 24.4 Å². The molecule has 21 heavy (non-hydrogen) atoms. The third-order valence-electron chi connectivity index (χ3n) is 2.99. The number of carboxylic acids is 1. The molecule has 0 aliphatic heterocycles. The highest BCUT2D eigenvalue weighted by Gasteiger charge is 2.19. The van der Waals surface area contributed by atoms with Gasteiger partial charge in [0.2, 0.25) is 0 Å². The maximum atomic E-state index is 10.8. The Balaban J connectivity index is 2.44. The summed E-state index contributed by atoms with van der Waals surface area (Å²) in [6, 6.07) is 7.88. The van der Waals surface area contributed by atoms with Gasteiger partial charge < -0.3 is 9.84 Å². The average Bonchev–Trinajstić information content (AvgIpc) is 2.89. The second-order valence-electron chi connectivity index (χ2n) is 4.57. The molecule has 0 amide bonds. The highest BCUT2D eigenvalue weighted by Crippen LogP contribution is 2.26. The number of nitrogens with zero attached hydrogens (tertiary/aromatic N) is 3. The molecule has 1 aromatic carbocycles. The Labute approximate surface area is 127 Å². The molecule has 1 heterocycles. The Bertz CT molecular complexity index is 625. The predicted molar refractivity (Wildman–Crippen MR) is 79.9 cm³/mol. The molecule has 0 aliphatic rings. The molecule has 1 unspecified atom stereocenters. The number of aliphatic carboxylic acids is 1. The van der Waals surface area contributed by atoms with Gasteiger partial charge in [0.25, 0.3) is 0 Å². The molecule has 0 spiro atoms. The van der Waals surface area contributed by atoms with Crippen LogP contribution in [-0.4, -0.2) is 38.7 Å². The van der Waals surface area contributed by atoms with Gasteiger partial charge in [-0.1, -0.05) is 29.5 Å². The standard InChI is InChI=1S/C14H17N3O3S/c1-9-4-6-11(7-5-9)17-13(10(2)20-3)15-16-14(17)21-8-12(18)19/h4-7,10H,8H2,1-3H3,(H,18,19). The number of hydrogen-bond acceptors (Lipinski definition) is 5. The summed E-state index contributed by atoms with van der Waals surface area (Å²) in [5, 5.41) is 17.6. The summed E-state index contributed by atoms with van der Waals surface area (Å²) in [5.74, 6) is -0.306. The van der Waals surface area contributed by atoms with Gasteiger partial charge in [0.1, 0.15) is 6.10 Å². The smallest absolute Gasteiger partial charge is 0.313 e. The van der Waals surface area contributed by atoms with Gasteiger partial charge in [0, 0.05) is 12.8 Å². The first kappa shape index (κ1) is 15.5. The molecule has 1 atom stereocenters. The highest BCUT2D eigenvalue weighted by atomic mass is 32.2. The Kier molecular flexibility index (Phi) is 4.98. The van der Waals surface area contributed by atoms with E-state index in [1.165, 1.54) is 0 Å². The van der Waals surface area contributed by atoms with Gasteiger partial charge in [-0.3, -0.25) is 9.36 Å². The van der Waals surface area contributed by atoms with E-state index in [1.807, 2.05) is 42.7 Å². The monoisotopic (exact) mass is 307 g/mol. The molecule has 1 aromatic heterocycles. The van der Waals surface area contributed by atoms with Crippen molar-refractivity contribution in [3.05, 3.63) is 35.7 Å². The van der Waals surface area contributed by atoms with E-state index in [0.29, 0.717) is 11.0 Å². The Hall–Kier alpha value is -1.86. The molecule has 0 radical (unpaired) electrons. The summed E-state index contributed by atoms with van der Waals surface area (Å²) >= 11 is 1.14. The van der Waals surface area contributed by atoms with Crippen LogP contribution in [-0.2, 0) is 9.53 Å². The van der Waals surface area contributed by atoms with Crippen molar-refractivity contribution in [3.63, 3.8) is 0 Å². The van der Waals surface area contributed by atoms with E-state index in [0.717, 1.165) is 23.0 Å². The van der Waals surface area contributed by atoms with Crippen LogP contribution >= 0.6 is 11.8 Å². The van der Waals surface area contributed by atoms with Gasteiger partial charge in [-0.2, -0.15) is 0 Å². The summed E-state index contributed by atoms with van der Waals surface area (Å²) < 4.78 is 7.15. The van der Waals surface area contributed by atoms with Crippen molar-refractivity contribution in [1.82, 2.24) is 14.8 Å². The van der Waals surface area contributed by atoms with Crippen molar-refractivity contribution < 1.29 is 14.6 Å². The molecule has 2 aromatic rings. The Morgan fingerprint density at radius 3 is 2.62 bits per heavy atom. The maximum absolute atomic E-state index is 10.8. The summed E-state index contributed by atoms with van der Waals surface area (Å²) in [7, 11) is 1.60. The molecule has 1 N–H and O–H groups in total. The quantitative estimate of drug-likeness (QED) is 0.826. The molecular formula is C14H17N3O3S. The molecule has 7 heteroatoms. The van der Waals surface area contributed by atoms with E-state index in [9.17, 15) is 4.79 Å². The second-order valence-corrected chi connectivity index (χ2v) is 5.51. The maximum Gasteiger partial charge on any atom is 0.313 e. The fourth-order valence-electron chi connectivity index (χ4n) is 1.81.